The van der Waals surface area contributed by atoms with E-state index in [-0.39, 0.29) is 18.4 Å². The van der Waals surface area contributed by atoms with E-state index in [0.29, 0.717) is 24.6 Å². The van der Waals surface area contributed by atoms with E-state index in [0.717, 1.165) is 10.4 Å². The second-order valence-electron chi connectivity index (χ2n) is 4.68. The lowest BCUT2D eigenvalue weighted by molar-refractivity contribution is -0.122. The second-order valence-corrected chi connectivity index (χ2v) is 5.94. The van der Waals surface area contributed by atoms with Crippen LogP contribution in [0.25, 0.3) is 0 Å². The Morgan fingerprint density at radius 3 is 2.81 bits per heavy atom. The van der Waals surface area contributed by atoms with Crippen LogP contribution in [0.5, 0.6) is 0 Å². The molecule has 1 aromatic heterocycles. The van der Waals surface area contributed by atoms with Crippen molar-refractivity contribution >= 4 is 23.2 Å². The molecule has 0 aliphatic heterocycles. The highest BCUT2D eigenvalue weighted by molar-refractivity contribution is 7.14. The predicted molar refractivity (Wildman–Crippen MR) is 81.9 cm³/mol. The van der Waals surface area contributed by atoms with Gasteiger partial charge in [0.1, 0.15) is 0 Å². The van der Waals surface area contributed by atoms with Crippen LogP contribution in [0.15, 0.2) is 6.07 Å². The van der Waals surface area contributed by atoms with Gasteiger partial charge in [-0.05, 0) is 25.6 Å². The number of nitrogen functional groups attached to an aromatic ring is 1. The molecule has 0 radical (unpaired) electrons. The number of nitrogens with two attached hydrogens (primary N) is 1. The Morgan fingerprint density at radius 1 is 1.48 bits per heavy atom. The van der Waals surface area contributed by atoms with Crippen molar-refractivity contribution in [3.63, 3.8) is 0 Å². The van der Waals surface area contributed by atoms with E-state index >= 15 is 0 Å². The van der Waals surface area contributed by atoms with Crippen LogP contribution in [0.4, 0.5) is 0 Å². The summed E-state index contributed by atoms with van der Waals surface area (Å²) in [6.45, 7) is 3.83. The van der Waals surface area contributed by atoms with E-state index in [2.05, 4.69) is 10.7 Å². The Hall–Kier alpha value is -1.48. The number of carbonyl (C=O) groups excluding carboxylic acids is 2. The average Bonchev–Trinajstić information content (AvgIpc) is 2.79. The van der Waals surface area contributed by atoms with Crippen LogP contribution in [0.1, 0.15) is 20.1 Å². The Morgan fingerprint density at radius 2 is 2.19 bits per heavy atom. The van der Waals surface area contributed by atoms with Crippen molar-refractivity contribution in [3.8, 4) is 0 Å². The maximum atomic E-state index is 11.7. The van der Waals surface area contributed by atoms with Crippen molar-refractivity contribution in [2.24, 2.45) is 5.84 Å². The molecular weight excluding hydrogens is 292 g/mol. The first-order chi connectivity index (χ1) is 9.97. The smallest absolute Gasteiger partial charge is 0.275 e. The summed E-state index contributed by atoms with van der Waals surface area (Å²) in [6.07, 6.45) is 0. The molecule has 1 heterocycles. The molecule has 0 aliphatic carbocycles. The fraction of sp³-hybridized carbons (Fsp3) is 0.538. The van der Waals surface area contributed by atoms with E-state index in [4.69, 9.17) is 10.6 Å². The minimum atomic E-state index is -0.297. The molecule has 0 fully saturated rings. The van der Waals surface area contributed by atoms with Crippen LogP contribution in [0.3, 0.4) is 0 Å². The predicted octanol–water partition coefficient (Wildman–Crippen LogP) is -0.146. The van der Waals surface area contributed by atoms with E-state index in [9.17, 15) is 9.59 Å². The third-order valence-corrected chi connectivity index (χ3v) is 3.95. The summed E-state index contributed by atoms with van der Waals surface area (Å²) in [5.74, 6) is 4.77. The molecule has 0 aliphatic rings. The zero-order valence-electron chi connectivity index (χ0n) is 12.6. The first-order valence-electron chi connectivity index (χ1n) is 6.52. The van der Waals surface area contributed by atoms with E-state index < -0.39 is 0 Å². The number of methoxy groups -OCH3 is 1. The SMILES string of the molecule is COCCNC(=O)CN(C)Cc1cc(C(=O)NN)sc1C. The van der Waals surface area contributed by atoms with Gasteiger partial charge < -0.3 is 10.1 Å². The normalized spacial score (nSPS) is 10.7. The first-order valence-corrected chi connectivity index (χ1v) is 7.34. The van der Waals surface area contributed by atoms with Crippen molar-refractivity contribution in [2.45, 2.75) is 13.5 Å². The molecule has 7 nitrogen and oxygen atoms in total. The standard InChI is InChI=1S/C13H22N4O3S/c1-9-10(6-11(21-9)13(19)16-14)7-17(2)8-12(18)15-4-5-20-3/h6H,4-5,7-8,14H2,1-3H3,(H,15,18)(H,16,19). The van der Waals surface area contributed by atoms with Crippen LogP contribution >= 0.6 is 11.3 Å². The van der Waals surface area contributed by atoms with Crippen LogP contribution < -0.4 is 16.6 Å². The monoisotopic (exact) mass is 314 g/mol. The number of ether oxygens (including phenoxy) is 1. The molecule has 0 aromatic carbocycles. The zero-order chi connectivity index (χ0) is 15.8. The summed E-state index contributed by atoms with van der Waals surface area (Å²) in [6, 6.07) is 1.81. The topological polar surface area (TPSA) is 96.7 Å². The number of carbonyl (C=O) groups is 2. The molecule has 1 rings (SSSR count). The largest absolute Gasteiger partial charge is 0.383 e. The Kier molecular flexibility index (Phi) is 7.30. The molecule has 0 spiro atoms. The van der Waals surface area contributed by atoms with Gasteiger partial charge in [0.25, 0.3) is 5.91 Å². The van der Waals surface area contributed by atoms with Gasteiger partial charge in [0.2, 0.25) is 5.91 Å². The van der Waals surface area contributed by atoms with Crippen molar-refractivity contribution in [1.82, 2.24) is 15.6 Å². The second kappa shape index (κ2) is 8.73. The van der Waals surface area contributed by atoms with Crippen molar-refractivity contribution < 1.29 is 14.3 Å². The van der Waals surface area contributed by atoms with Gasteiger partial charge in [0.05, 0.1) is 18.0 Å². The summed E-state index contributed by atoms with van der Waals surface area (Å²) in [4.78, 5) is 26.7. The van der Waals surface area contributed by atoms with Gasteiger partial charge in [0.15, 0.2) is 0 Å². The Labute approximate surface area is 128 Å². The van der Waals surface area contributed by atoms with Gasteiger partial charge in [-0.3, -0.25) is 19.9 Å². The molecule has 1 aromatic rings. The number of amides is 2. The van der Waals surface area contributed by atoms with E-state index in [1.807, 2.05) is 24.9 Å². The van der Waals surface area contributed by atoms with Gasteiger partial charge in [-0.2, -0.15) is 0 Å². The third-order valence-electron chi connectivity index (χ3n) is 2.86. The molecule has 0 bridgehead atoms. The molecule has 0 atom stereocenters. The van der Waals surface area contributed by atoms with Crippen LogP contribution in [-0.2, 0) is 16.1 Å². The van der Waals surface area contributed by atoms with E-state index in [1.165, 1.54) is 11.3 Å². The van der Waals surface area contributed by atoms with Gasteiger partial charge in [-0.25, -0.2) is 5.84 Å². The molecule has 0 saturated heterocycles. The highest BCUT2D eigenvalue weighted by Gasteiger charge is 2.14. The minimum Gasteiger partial charge on any atom is -0.383 e. The number of hydrogen-bond donors (Lipinski definition) is 3. The number of aryl methyl sites for hydroxylation is 1. The lowest BCUT2D eigenvalue weighted by atomic mass is 10.2. The molecule has 0 unspecified atom stereocenters. The quantitative estimate of drug-likeness (QED) is 0.268. The first kappa shape index (κ1) is 17.6. The lowest BCUT2D eigenvalue weighted by Gasteiger charge is -2.16. The van der Waals surface area contributed by atoms with Crippen LogP contribution in [-0.4, -0.2) is 50.6 Å². The summed E-state index contributed by atoms with van der Waals surface area (Å²) in [5.41, 5.74) is 3.14. The molecule has 21 heavy (non-hydrogen) atoms. The molecule has 0 saturated carbocycles. The fourth-order valence-corrected chi connectivity index (χ4v) is 2.74. The van der Waals surface area contributed by atoms with Gasteiger partial charge in [-0.1, -0.05) is 0 Å². The molecule has 118 valence electrons. The number of nitrogens with one attached hydrogen (secondary N) is 2. The summed E-state index contributed by atoms with van der Waals surface area (Å²) in [5, 5.41) is 2.76. The molecular formula is C13H22N4O3S. The summed E-state index contributed by atoms with van der Waals surface area (Å²) < 4.78 is 4.87. The van der Waals surface area contributed by atoms with Crippen molar-refractivity contribution in [2.75, 3.05) is 33.9 Å². The molecule has 8 heteroatoms. The molecule has 4 N–H and O–H groups in total. The van der Waals surface area contributed by atoms with Gasteiger partial charge in [-0.15, -0.1) is 11.3 Å². The summed E-state index contributed by atoms with van der Waals surface area (Å²) in [7, 11) is 3.45. The highest BCUT2D eigenvalue weighted by Crippen LogP contribution is 2.22. The third kappa shape index (κ3) is 5.80. The van der Waals surface area contributed by atoms with Gasteiger partial charge >= 0.3 is 0 Å². The van der Waals surface area contributed by atoms with Crippen LogP contribution in [0.2, 0.25) is 0 Å². The molecule has 2 amide bonds. The Balaban J connectivity index is 2.51. The number of likely N-dealkylation sites (N-methyl/N-ethyl adjacent to an activating group) is 1. The van der Waals surface area contributed by atoms with Crippen molar-refractivity contribution in [3.05, 3.63) is 21.4 Å². The van der Waals surface area contributed by atoms with Crippen molar-refractivity contribution in [1.29, 1.82) is 0 Å². The number of rotatable bonds is 8. The number of hydrazine groups is 1. The minimum absolute atomic E-state index is 0.0534. The maximum absolute atomic E-state index is 11.7. The highest BCUT2D eigenvalue weighted by atomic mass is 32.1. The number of thiophene rings is 1. The fourth-order valence-electron chi connectivity index (χ4n) is 1.80. The number of nitrogens with zero attached hydrogens (tertiary/aromatic N) is 1. The lowest BCUT2D eigenvalue weighted by Crippen LogP contribution is -2.36. The number of hydrogen-bond acceptors (Lipinski definition) is 6. The average molecular weight is 314 g/mol. The maximum Gasteiger partial charge on any atom is 0.275 e. The van der Waals surface area contributed by atoms with E-state index in [1.54, 1.807) is 7.11 Å². The van der Waals surface area contributed by atoms with Gasteiger partial charge in [0, 0.05) is 25.1 Å². The van der Waals surface area contributed by atoms with Crippen LogP contribution in [0, 0.1) is 6.92 Å². The Bertz CT molecular complexity index is 490. The zero-order valence-corrected chi connectivity index (χ0v) is 13.4. The summed E-state index contributed by atoms with van der Waals surface area (Å²) >= 11 is 1.39.